The molecule has 1 aliphatic rings. The van der Waals surface area contributed by atoms with Crippen molar-refractivity contribution in [3.05, 3.63) is 29.8 Å². The maximum atomic E-state index is 5.57. The molecule has 0 saturated carbocycles. The topological polar surface area (TPSA) is 69.8 Å². The van der Waals surface area contributed by atoms with Crippen molar-refractivity contribution >= 4 is 0 Å². The number of nitrogens with zero attached hydrogens (tertiary/aromatic N) is 5. The highest BCUT2D eigenvalue weighted by atomic mass is 16.5. The van der Waals surface area contributed by atoms with Gasteiger partial charge in [-0.2, -0.15) is 5.10 Å². The predicted octanol–water partition coefficient (Wildman–Crippen LogP) is 0.304. The van der Waals surface area contributed by atoms with Crippen molar-refractivity contribution in [1.29, 1.82) is 0 Å². The zero-order chi connectivity index (χ0) is 13.9. The molecule has 2 aromatic rings. The molecule has 7 heteroatoms. The van der Waals surface area contributed by atoms with Crippen LogP contribution < -0.4 is 5.32 Å². The van der Waals surface area contributed by atoms with Crippen molar-refractivity contribution in [2.45, 2.75) is 32.0 Å². The molecule has 0 spiro atoms. The van der Waals surface area contributed by atoms with E-state index in [1.165, 1.54) is 5.56 Å². The summed E-state index contributed by atoms with van der Waals surface area (Å²) >= 11 is 0. The minimum Gasteiger partial charge on any atom is -0.377 e. The SMILES string of the molecule is CCc1nn(C)cc1CN[C@H]1COC[C@H]1n1ccnn1. The molecule has 7 nitrogen and oxygen atoms in total. The summed E-state index contributed by atoms with van der Waals surface area (Å²) in [6, 6.07) is 0.459. The van der Waals surface area contributed by atoms with Crippen LogP contribution in [0.2, 0.25) is 0 Å². The van der Waals surface area contributed by atoms with Crippen LogP contribution in [0.25, 0.3) is 0 Å². The Bertz CT molecular complexity index is 549. The van der Waals surface area contributed by atoms with Gasteiger partial charge in [0.15, 0.2) is 0 Å². The Morgan fingerprint density at radius 2 is 2.35 bits per heavy atom. The molecule has 2 atom stereocenters. The Morgan fingerprint density at radius 3 is 3.10 bits per heavy atom. The van der Waals surface area contributed by atoms with Crippen molar-refractivity contribution in [3.8, 4) is 0 Å². The molecule has 108 valence electrons. The van der Waals surface area contributed by atoms with Crippen LogP contribution in [0, 0.1) is 0 Å². The second kappa shape index (κ2) is 5.72. The van der Waals surface area contributed by atoms with Gasteiger partial charge in [-0.15, -0.1) is 5.10 Å². The monoisotopic (exact) mass is 276 g/mol. The van der Waals surface area contributed by atoms with E-state index in [0.717, 1.165) is 18.7 Å². The fraction of sp³-hybridized carbons (Fsp3) is 0.615. The highest BCUT2D eigenvalue weighted by molar-refractivity contribution is 5.17. The first kappa shape index (κ1) is 13.3. The Balaban J connectivity index is 1.65. The van der Waals surface area contributed by atoms with E-state index in [1.54, 1.807) is 6.20 Å². The minimum atomic E-state index is 0.208. The van der Waals surface area contributed by atoms with E-state index >= 15 is 0 Å². The Morgan fingerprint density at radius 1 is 1.45 bits per heavy atom. The molecule has 1 N–H and O–H groups in total. The molecule has 3 heterocycles. The van der Waals surface area contributed by atoms with Crippen molar-refractivity contribution in [2.75, 3.05) is 13.2 Å². The lowest BCUT2D eigenvalue weighted by Crippen LogP contribution is -2.36. The maximum absolute atomic E-state index is 5.57. The first-order chi connectivity index (χ1) is 9.78. The van der Waals surface area contributed by atoms with Gasteiger partial charge in [0, 0.05) is 31.5 Å². The van der Waals surface area contributed by atoms with Gasteiger partial charge in [0.25, 0.3) is 0 Å². The Kier molecular flexibility index (Phi) is 3.79. The van der Waals surface area contributed by atoms with Crippen molar-refractivity contribution < 1.29 is 4.74 Å². The number of rotatable bonds is 5. The van der Waals surface area contributed by atoms with Gasteiger partial charge in [0.05, 0.1) is 37.2 Å². The summed E-state index contributed by atoms with van der Waals surface area (Å²) in [5.74, 6) is 0. The number of nitrogens with one attached hydrogen (secondary N) is 1. The maximum Gasteiger partial charge on any atom is 0.0945 e. The van der Waals surface area contributed by atoms with E-state index in [1.807, 2.05) is 22.6 Å². The molecule has 1 fully saturated rings. The second-order valence-corrected chi connectivity index (χ2v) is 5.10. The molecule has 0 aromatic carbocycles. The van der Waals surface area contributed by atoms with Crippen LogP contribution in [0.3, 0.4) is 0 Å². The predicted molar refractivity (Wildman–Crippen MR) is 73.1 cm³/mol. The summed E-state index contributed by atoms with van der Waals surface area (Å²) in [7, 11) is 1.96. The highest BCUT2D eigenvalue weighted by Crippen LogP contribution is 2.19. The van der Waals surface area contributed by atoms with Crippen LogP contribution in [-0.2, 0) is 24.8 Å². The van der Waals surface area contributed by atoms with Crippen molar-refractivity contribution in [3.63, 3.8) is 0 Å². The smallest absolute Gasteiger partial charge is 0.0945 e. The van der Waals surface area contributed by atoms with Gasteiger partial charge in [-0.25, -0.2) is 4.68 Å². The molecule has 0 aliphatic carbocycles. The van der Waals surface area contributed by atoms with Crippen LogP contribution in [0.5, 0.6) is 0 Å². The zero-order valence-corrected chi connectivity index (χ0v) is 11.9. The molecule has 0 bridgehead atoms. The van der Waals surface area contributed by atoms with E-state index in [-0.39, 0.29) is 12.1 Å². The summed E-state index contributed by atoms with van der Waals surface area (Å²) in [5.41, 5.74) is 2.40. The van der Waals surface area contributed by atoms with Crippen LogP contribution >= 0.6 is 0 Å². The van der Waals surface area contributed by atoms with E-state index in [0.29, 0.717) is 13.2 Å². The Hall–Kier alpha value is -1.73. The largest absolute Gasteiger partial charge is 0.377 e. The fourth-order valence-electron chi connectivity index (χ4n) is 2.66. The molecular formula is C13H20N6O. The van der Waals surface area contributed by atoms with Crippen LogP contribution in [0.1, 0.15) is 24.2 Å². The van der Waals surface area contributed by atoms with Gasteiger partial charge in [-0.3, -0.25) is 4.68 Å². The van der Waals surface area contributed by atoms with Gasteiger partial charge >= 0.3 is 0 Å². The van der Waals surface area contributed by atoms with Gasteiger partial charge in [-0.1, -0.05) is 12.1 Å². The highest BCUT2D eigenvalue weighted by Gasteiger charge is 2.30. The van der Waals surface area contributed by atoms with Crippen molar-refractivity contribution in [1.82, 2.24) is 30.1 Å². The summed E-state index contributed by atoms with van der Waals surface area (Å²) in [6.07, 6.45) is 6.61. The molecule has 0 unspecified atom stereocenters. The van der Waals surface area contributed by atoms with Crippen LogP contribution in [-0.4, -0.2) is 44.0 Å². The summed E-state index contributed by atoms with van der Waals surface area (Å²) in [5, 5.41) is 16.0. The number of aromatic nitrogens is 5. The third-order valence-corrected chi connectivity index (χ3v) is 3.71. The molecule has 1 aliphatic heterocycles. The fourth-order valence-corrected chi connectivity index (χ4v) is 2.66. The number of hydrogen-bond donors (Lipinski definition) is 1. The summed E-state index contributed by atoms with van der Waals surface area (Å²) < 4.78 is 9.31. The molecule has 3 rings (SSSR count). The standard InChI is InChI=1S/C13H20N6O/c1-3-11-10(7-18(2)16-11)6-14-12-8-20-9-13(12)19-5-4-15-17-19/h4-5,7,12-14H,3,6,8-9H2,1-2H3/t12-,13+/m0/s1. The normalized spacial score (nSPS) is 22.5. The lowest BCUT2D eigenvalue weighted by Gasteiger charge is -2.18. The molecule has 20 heavy (non-hydrogen) atoms. The quantitative estimate of drug-likeness (QED) is 0.851. The van der Waals surface area contributed by atoms with Gasteiger partial charge < -0.3 is 10.1 Å². The average molecular weight is 276 g/mol. The molecule has 2 aromatic heterocycles. The van der Waals surface area contributed by atoms with Crippen molar-refractivity contribution in [2.24, 2.45) is 7.05 Å². The molecule has 1 saturated heterocycles. The van der Waals surface area contributed by atoms with Gasteiger partial charge in [-0.05, 0) is 6.42 Å². The van der Waals surface area contributed by atoms with E-state index in [2.05, 4.69) is 33.8 Å². The van der Waals surface area contributed by atoms with E-state index < -0.39 is 0 Å². The second-order valence-electron chi connectivity index (χ2n) is 5.10. The molecular weight excluding hydrogens is 256 g/mol. The van der Waals surface area contributed by atoms with Crippen LogP contribution in [0.15, 0.2) is 18.6 Å². The number of aryl methyl sites for hydroxylation is 2. The van der Waals surface area contributed by atoms with E-state index in [4.69, 9.17) is 4.74 Å². The van der Waals surface area contributed by atoms with Gasteiger partial charge in [0.1, 0.15) is 0 Å². The average Bonchev–Trinajstić information content (AvgIpc) is 3.16. The third kappa shape index (κ3) is 2.59. The lowest BCUT2D eigenvalue weighted by atomic mass is 10.1. The summed E-state index contributed by atoms with van der Waals surface area (Å²) in [6.45, 7) is 4.31. The molecule has 0 amide bonds. The lowest BCUT2D eigenvalue weighted by molar-refractivity contribution is 0.181. The first-order valence-corrected chi connectivity index (χ1v) is 6.96. The summed E-state index contributed by atoms with van der Waals surface area (Å²) in [4.78, 5) is 0. The van der Waals surface area contributed by atoms with Crippen LogP contribution in [0.4, 0.5) is 0 Å². The molecule has 0 radical (unpaired) electrons. The third-order valence-electron chi connectivity index (χ3n) is 3.71. The van der Waals surface area contributed by atoms with E-state index in [9.17, 15) is 0 Å². The number of ether oxygens (including phenoxy) is 1. The van der Waals surface area contributed by atoms with Gasteiger partial charge in [0.2, 0.25) is 0 Å². The Labute approximate surface area is 117 Å². The zero-order valence-electron chi connectivity index (χ0n) is 11.9. The number of hydrogen-bond acceptors (Lipinski definition) is 5. The minimum absolute atomic E-state index is 0.208. The first-order valence-electron chi connectivity index (χ1n) is 6.96.